The molecule has 0 heterocycles. The number of hydrogen-bond donors (Lipinski definition) is 0. The smallest absolute Gasteiger partial charge is 0.0540 e. The molecule has 374 valence electrons. The maximum Gasteiger partial charge on any atom is 0.0540 e. The summed E-state index contributed by atoms with van der Waals surface area (Å²) in [5.41, 5.74) is 11.8. The fourth-order valence-corrected chi connectivity index (χ4v) is 15.5. The van der Waals surface area contributed by atoms with Gasteiger partial charge in [0.2, 0.25) is 0 Å². The third kappa shape index (κ3) is 5.75. The van der Waals surface area contributed by atoms with Gasteiger partial charge in [-0.3, -0.25) is 0 Å². The van der Waals surface area contributed by atoms with Gasteiger partial charge in [-0.1, -0.05) is 220 Å². The lowest BCUT2D eigenvalue weighted by Crippen LogP contribution is -2.18. The van der Waals surface area contributed by atoms with E-state index in [0.29, 0.717) is 0 Å². The van der Waals surface area contributed by atoms with E-state index in [-0.39, 0.29) is 5.41 Å². The number of fused-ring (bicyclic) bond motifs is 3. The number of anilines is 6. The van der Waals surface area contributed by atoms with E-state index in [9.17, 15) is 0 Å². The molecule has 19 rings (SSSR count). The zero-order chi connectivity index (χ0) is 53.0. The number of nitrogens with zero attached hydrogens (tertiary/aromatic N) is 2. The zero-order valence-corrected chi connectivity index (χ0v) is 44.6. The van der Waals surface area contributed by atoms with E-state index < -0.39 is 0 Å². The minimum Gasteiger partial charge on any atom is -0.309 e. The molecule has 2 nitrogen and oxygen atoms in total. The van der Waals surface area contributed by atoms with Crippen LogP contribution in [-0.2, 0) is 5.41 Å². The van der Waals surface area contributed by atoms with Crippen LogP contribution in [0.3, 0.4) is 0 Å². The Bertz CT molecular complexity index is 5000. The molecule has 0 radical (unpaired) electrons. The molecule has 0 N–H and O–H groups in total. The lowest BCUT2D eigenvalue weighted by molar-refractivity contribution is 0.660. The highest BCUT2D eigenvalue weighted by Crippen LogP contribution is 2.56. The molecule has 0 atom stereocenters. The third-order valence-electron chi connectivity index (χ3n) is 19.1. The molecular formula is C79H48N2. The van der Waals surface area contributed by atoms with E-state index in [0.717, 1.165) is 11.4 Å². The van der Waals surface area contributed by atoms with E-state index in [1.165, 1.54) is 174 Å². The van der Waals surface area contributed by atoms with Crippen molar-refractivity contribution < 1.29 is 0 Å². The highest BCUT2D eigenvalue weighted by molar-refractivity contribution is 6.31. The minimum absolute atomic E-state index is 0.356. The van der Waals surface area contributed by atoms with Crippen LogP contribution in [0.5, 0.6) is 0 Å². The predicted octanol–water partition coefficient (Wildman–Crippen LogP) is 22.5. The molecule has 0 saturated heterocycles. The second kappa shape index (κ2) is 15.5. The van der Waals surface area contributed by atoms with Gasteiger partial charge >= 0.3 is 0 Å². The van der Waals surface area contributed by atoms with Gasteiger partial charge in [0, 0.05) is 38.3 Å². The van der Waals surface area contributed by atoms with Gasteiger partial charge in [0.1, 0.15) is 0 Å². The molecule has 0 aromatic heterocycles. The minimum atomic E-state index is -0.356. The lowest BCUT2D eigenvalue weighted by atomic mass is 9.82. The van der Waals surface area contributed by atoms with Crippen LogP contribution in [0.2, 0.25) is 0 Å². The largest absolute Gasteiger partial charge is 0.309 e. The molecule has 0 fully saturated rings. The molecule has 2 heteroatoms. The highest BCUT2D eigenvalue weighted by atomic mass is 15.2. The topological polar surface area (TPSA) is 6.48 Å². The summed E-state index contributed by atoms with van der Waals surface area (Å²) in [5, 5.41) is 30.7. The molecule has 1 aliphatic carbocycles. The second-order valence-electron chi connectivity index (χ2n) is 23.5. The van der Waals surface area contributed by atoms with Crippen molar-refractivity contribution in [2.45, 2.75) is 19.3 Å². The molecule has 0 saturated carbocycles. The third-order valence-corrected chi connectivity index (χ3v) is 19.1. The van der Waals surface area contributed by atoms with E-state index in [4.69, 9.17) is 0 Å². The fraction of sp³-hybridized carbons (Fsp3) is 0.0380. The van der Waals surface area contributed by atoms with Crippen LogP contribution < -0.4 is 9.80 Å². The van der Waals surface area contributed by atoms with Gasteiger partial charge in [0.05, 0.1) is 22.7 Å². The van der Waals surface area contributed by atoms with Crippen molar-refractivity contribution >= 4 is 163 Å². The van der Waals surface area contributed by atoms with Gasteiger partial charge in [-0.2, -0.15) is 0 Å². The summed E-state index contributed by atoms with van der Waals surface area (Å²) >= 11 is 0. The maximum atomic E-state index is 2.58. The molecule has 0 unspecified atom stereocenters. The predicted molar refractivity (Wildman–Crippen MR) is 348 cm³/mol. The Morgan fingerprint density at radius 1 is 0.222 bits per heavy atom. The van der Waals surface area contributed by atoms with Gasteiger partial charge in [-0.25, -0.2) is 0 Å². The zero-order valence-electron chi connectivity index (χ0n) is 44.6. The summed E-state index contributed by atoms with van der Waals surface area (Å²) in [6.07, 6.45) is 0. The van der Waals surface area contributed by atoms with Crippen molar-refractivity contribution in [1.82, 2.24) is 0 Å². The van der Waals surface area contributed by atoms with Crippen LogP contribution in [0, 0.1) is 0 Å². The summed E-state index contributed by atoms with van der Waals surface area (Å²) < 4.78 is 0. The van der Waals surface area contributed by atoms with E-state index in [1.54, 1.807) is 0 Å². The maximum absolute atomic E-state index is 2.58. The van der Waals surface area contributed by atoms with Crippen molar-refractivity contribution in [3.8, 4) is 11.1 Å². The van der Waals surface area contributed by atoms with Crippen molar-refractivity contribution in [3.63, 3.8) is 0 Å². The molecule has 18 aromatic carbocycles. The van der Waals surface area contributed by atoms with Crippen molar-refractivity contribution in [1.29, 1.82) is 0 Å². The first kappa shape index (κ1) is 43.7. The SMILES string of the molecule is CC1(C)c2cc(N(c3ccc4ccc5cccc6ccc3c4c56)c3ccc4ccc5cccc6ccc3c4c56)ccc2-c2ccc(N(c3ccc4ccc5cccc6ccc3c4c56)c3ccc4ccc5cccc6ccc3c4c56)cc21. The van der Waals surface area contributed by atoms with Crippen LogP contribution in [0.25, 0.3) is 140 Å². The summed E-state index contributed by atoms with van der Waals surface area (Å²) in [5.74, 6) is 0. The highest BCUT2D eigenvalue weighted by Gasteiger charge is 2.38. The number of rotatable bonds is 6. The summed E-state index contributed by atoms with van der Waals surface area (Å²) in [6, 6.07) is 97.4. The van der Waals surface area contributed by atoms with Gasteiger partial charge < -0.3 is 9.80 Å². The quantitative estimate of drug-likeness (QED) is 0.153. The molecule has 0 aliphatic heterocycles. The van der Waals surface area contributed by atoms with Crippen LogP contribution in [0.15, 0.2) is 255 Å². The molecular weight excluding hydrogens is 977 g/mol. The first-order valence-electron chi connectivity index (χ1n) is 28.5. The van der Waals surface area contributed by atoms with Gasteiger partial charge in [0.15, 0.2) is 0 Å². The van der Waals surface area contributed by atoms with Gasteiger partial charge in [-0.15, -0.1) is 0 Å². The lowest BCUT2D eigenvalue weighted by Gasteiger charge is -2.31. The fourth-order valence-electron chi connectivity index (χ4n) is 15.5. The van der Waals surface area contributed by atoms with E-state index in [2.05, 4.69) is 278 Å². The standard InChI is InChI=1S/C79H48N2/c1-79(2)65-43-57(80(67-39-27-53-19-15-45-7-3-11-49-23-33-61(67)75(53)71(45)49)68-40-28-54-20-16-46-8-4-12-50-24-34-62(68)76(54)72(46)50)31-37-59(65)60-38-32-58(44-66(60)79)81(69-41-29-55-21-17-47-9-5-13-51-25-35-63(69)77(55)73(47)51)70-42-30-56-22-18-48-10-6-14-52-26-36-64(70)78(56)74(48)52/h3-44H,1-2H3. The van der Waals surface area contributed by atoms with Crippen molar-refractivity contribution in [2.24, 2.45) is 0 Å². The van der Waals surface area contributed by atoms with E-state index >= 15 is 0 Å². The number of hydrogen-bond acceptors (Lipinski definition) is 2. The normalized spacial score (nSPS) is 13.4. The molecule has 0 spiro atoms. The molecule has 18 aromatic rings. The Morgan fingerprint density at radius 2 is 0.444 bits per heavy atom. The van der Waals surface area contributed by atoms with Gasteiger partial charge in [-0.05, 0) is 179 Å². The molecule has 1 aliphatic rings. The van der Waals surface area contributed by atoms with Crippen LogP contribution in [-0.4, -0.2) is 0 Å². The number of benzene rings is 18. The van der Waals surface area contributed by atoms with Crippen LogP contribution in [0.4, 0.5) is 34.1 Å². The Morgan fingerprint density at radius 3 is 0.704 bits per heavy atom. The Kier molecular flexibility index (Phi) is 8.36. The van der Waals surface area contributed by atoms with E-state index in [1.807, 2.05) is 0 Å². The average Bonchev–Trinajstić information content (AvgIpc) is 3.84. The monoisotopic (exact) mass is 1020 g/mol. The molecule has 81 heavy (non-hydrogen) atoms. The van der Waals surface area contributed by atoms with Crippen LogP contribution >= 0.6 is 0 Å². The first-order chi connectivity index (χ1) is 39.9. The Balaban J connectivity index is 0.832. The summed E-state index contributed by atoms with van der Waals surface area (Å²) in [4.78, 5) is 5.15. The summed E-state index contributed by atoms with van der Waals surface area (Å²) in [6.45, 7) is 4.89. The van der Waals surface area contributed by atoms with Gasteiger partial charge in [0.25, 0.3) is 0 Å². The molecule has 0 amide bonds. The van der Waals surface area contributed by atoms with Crippen LogP contribution in [0.1, 0.15) is 25.0 Å². The Labute approximate surface area is 466 Å². The van der Waals surface area contributed by atoms with Crippen molar-refractivity contribution in [3.05, 3.63) is 266 Å². The molecule has 0 bridgehead atoms. The first-order valence-corrected chi connectivity index (χ1v) is 28.5. The second-order valence-corrected chi connectivity index (χ2v) is 23.5. The van der Waals surface area contributed by atoms with Crippen molar-refractivity contribution in [2.75, 3.05) is 9.80 Å². The summed E-state index contributed by atoms with van der Waals surface area (Å²) in [7, 11) is 0. The Hall–Kier alpha value is -10.3. The average molecular weight is 1030 g/mol.